The van der Waals surface area contributed by atoms with Crippen LogP contribution in [0.1, 0.15) is 35.6 Å². The van der Waals surface area contributed by atoms with Gasteiger partial charge in [0.15, 0.2) is 0 Å². The average molecular weight is 565 g/mol. The molecule has 9 nitrogen and oxygen atoms in total. The number of nitrogens with zero attached hydrogens (tertiary/aromatic N) is 2. The highest BCUT2D eigenvalue weighted by molar-refractivity contribution is 7.89. The minimum absolute atomic E-state index is 0.0504. The Morgan fingerprint density at radius 3 is 2.55 bits per heavy atom. The van der Waals surface area contributed by atoms with E-state index in [2.05, 4.69) is 15.1 Å². The van der Waals surface area contributed by atoms with Crippen molar-refractivity contribution in [3.63, 3.8) is 0 Å². The van der Waals surface area contributed by atoms with E-state index in [4.69, 9.17) is 9.47 Å². The van der Waals surface area contributed by atoms with E-state index in [0.717, 1.165) is 18.5 Å². The van der Waals surface area contributed by atoms with E-state index in [1.807, 2.05) is 6.07 Å². The van der Waals surface area contributed by atoms with Crippen molar-refractivity contribution in [3.8, 4) is 17.2 Å². The highest BCUT2D eigenvalue weighted by Gasteiger charge is 2.27. The van der Waals surface area contributed by atoms with Crippen LogP contribution in [0.2, 0.25) is 0 Å². The fraction of sp³-hybridized carbons (Fsp3) is 0.241. The number of methoxy groups -OCH3 is 2. The van der Waals surface area contributed by atoms with Gasteiger partial charge in [0.1, 0.15) is 22.2 Å². The van der Waals surface area contributed by atoms with Gasteiger partial charge in [-0.25, -0.2) is 22.2 Å². The first kappa shape index (κ1) is 27.4. The summed E-state index contributed by atoms with van der Waals surface area (Å²) in [6.07, 6.45) is 3.64. The molecule has 40 heavy (non-hydrogen) atoms. The molecule has 0 bridgehead atoms. The van der Waals surface area contributed by atoms with E-state index in [9.17, 15) is 17.6 Å². The number of nitrogens with one attached hydrogen (secondary N) is 2. The molecule has 11 heteroatoms. The Balaban J connectivity index is 1.44. The molecular weight excluding hydrogens is 535 g/mol. The number of benzene rings is 3. The molecule has 4 aromatic rings. The second-order valence-corrected chi connectivity index (χ2v) is 11.2. The largest absolute Gasteiger partial charge is 0.497 e. The maximum absolute atomic E-state index is 14.0. The highest BCUT2D eigenvalue weighted by Crippen LogP contribution is 2.39. The van der Waals surface area contributed by atoms with E-state index in [1.54, 1.807) is 48.7 Å². The molecule has 1 saturated carbocycles. The van der Waals surface area contributed by atoms with Gasteiger partial charge in [-0.15, -0.1) is 0 Å². The van der Waals surface area contributed by atoms with Crippen molar-refractivity contribution in [2.24, 2.45) is 0 Å². The fourth-order valence-corrected chi connectivity index (χ4v) is 5.55. The molecule has 1 fully saturated rings. The summed E-state index contributed by atoms with van der Waals surface area (Å²) in [5.41, 5.74) is 2.33. The minimum atomic E-state index is -4.11. The van der Waals surface area contributed by atoms with Crippen LogP contribution in [0.25, 0.3) is 5.69 Å². The summed E-state index contributed by atoms with van der Waals surface area (Å²) in [6, 6.07) is 17.6. The lowest BCUT2D eigenvalue weighted by atomic mass is 10.1. The lowest BCUT2D eigenvalue weighted by Crippen LogP contribution is -2.25. The van der Waals surface area contributed by atoms with Crippen molar-refractivity contribution < 1.29 is 27.1 Å². The quantitative estimate of drug-likeness (QED) is 0.276. The summed E-state index contributed by atoms with van der Waals surface area (Å²) in [5.74, 6) is 0.470. The van der Waals surface area contributed by atoms with Gasteiger partial charge in [-0.3, -0.25) is 4.79 Å². The number of carbonyl (C=O) groups is 1. The van der Waals surface area contributed by atoms with Crippen molar-refractivity contribution in [2.75, 3.05) is 19.5 Å². The average Bonchev–Trinajstić information content (AvgIpc) is 3.69. The molecule has 3 aromatic carbocycles. The molecule has 0 saturated heterocycles. The van der Waals surface area contributed by atoms with Gasteiger partial charge in [-0.1, -0.05) is 24.3 Å². The Bertz CT molecular complexity index is 1650. The second-order valence-electron chi connectivity index (χ2n) is 9.46. The third-order valence-electron chi connectivity index (χ3n) is 6.64. The van der Waals surface area contributed by atoms with Gasteiger partial charge in [0, 0.05) is 36.0 Å². The van der Waals surface area contributed by atoms with Crippen LogP contribution in [0.15, 0.2) is 77.8 Å². The summed E-state index contributed by atoms with van der Waals surface area (Å²) >= 11 is 0. The fourth-order valence-electron chi connectivity index (χ4n) is 4.33. The number of rotatable bonds is 11. The van der Waals surface area contributed by atoms with E-state index < -0.39 is 21.7 Å². The molecular formula is C29H29FN4O5S. The molecule has 1 aliphatic carbocycles. The number of anilines is 1. The first-order valence-corrected chi connectivity index (χ1v) is 14.2. The Labute approximate surface area is 232 Å². The molecule has 0 aliphatic heterocycles. The maximum atomic E-state index is 14.0. The molecule has 1 aliphatic rings. The second kappa shape index (κ2) is 11.5. The number of hydrogen-bond donors (Lipinski definition) is 2. The molecule has 0 unspecified atom stereocenters. The van der Waals surface area contributed by atoms with Crippen molar-refractivity contribution in [2.45, 2.75) is 36.6 Å². The smallest absolute Gasteiger partial charge is 0.243 e. The van der Waals surface area contributed by atoms with Gasteiger partial charge in [0.05, 0.1) is 32.0 Å². The molecule has 1 aromatic heterocycles. The Kier molecular flexibility index (Phi) is 7.85. The zero-order valence-corrected chi connectivity index (χ0v) is 22.9. The predicted octanol–water partition coefficient (Wildman–Crippen LogP) is 4.57. The summed E-state index contributed by atoms with van der Waals surface area (Å²) in [4.78, 5) is 12.6. The SMILES string of the molecule is COc1ccc(CNS(=O)(=O)c2cc(NC(=O)Cc3ccccc3F)ccc2-n2ccc(C3CC3)n2)c(OC)c1. The van der Waals surface area contributed by atoms with Crippen LogP contribution in [-0.4, -0.2) is 38.3 Å². The van der Waals surface area contributed by atoms with E-state index in [0.29, 0.717) is 28.7 Å². The molecule has 1 amide bonds. The number of sulfonamides is 1. The van der Waals surface area contributed by atoms with Gasteiger partial charge in [0.2, 0.25) is 15.9 Å². The molecule has 0 spiro atoms. The lowest BCUT2D eigenvalue weighted by molar-refractivity contribution is -0.115. The summed E-state index contributed by atoms with van der Waals surface area (Å²) in [5, 5.41) is 7.28. The van der Waals surface area contributed by atoms with Gasteiger partial charge in [0.25, 0.3) is 0 Å². The minimum Gasteiger partial charge on any atom is -0.497 e. The molecule has 0 atom stereocenters. The lowest BCUT2D eigenvalue weighted by Gasteiger charge is -2.15. The van der Waals surface area contributed by atoms with Crippen LogP contribution in [0.3, 0.4) is 0 Å². The third kappa shape index (κ3) is 6.16. The van der Waals surface area contributed by atoms with Crippen molar-refractivity contribution in [3.05, 3.63) is 95.6 Å². The summed E-state index contributed by atoms with van der Waals surface area (Å²) in [7, 11) is -1.08. The normalized spacial score (nSPS) is 13.2. The number of carbonyl (C=O) groups excluding carboxylic acids is 1. The van der Waals surface area contributed by atoms with Crippen LogP contribution in [0.5, 0.6) is 11.5 Å². The van der Waals surface area contributed by atoms with Crippen LogP contribution in [-0.2, 0) is 27.8 Å². The van der Waals surface area contributed by atoms with Crippen LogP contribution >= 0.6 is 0 Å². The van der Waals surface area contributed by atoms with Gasteiger partial charge < -0.3 is 14.8 Å². The van der Waals surface area contributed by atoms with E-state index in [-0.39, 0.29) is 29.1 Å². The Morgan fingerprint density at radius 2 is 1.82 bits per heavy atom. The zero-order valence-electron chi connectivity index (χ0n) is 22.1. The number of aromatic nitrogens is 2. The van der Waals surface area contributed by atoms with Gasteiger partial charge in [-0.2, -0.15) is 5.10 Å². The molecule has 5 rings (SSSR count). The van der Waals surface area contributed by atoms with Crippen LogP contribution in [0, 0.1) is 5.82 Å². The monoisotopic (exact) mass is 564 g/mol. The Hall–Kier alpha value is -4.22. The Morgan fingerprint density at radius 1 is 1.02 bits per heavy atom. The van der Waals surface area contributed by atoms with Gasteiger partial charge in [-0.05, 0) is 54.8 Å². The number of ether oxygens (including phenoxy) is 2. The number of amides is 1. The maximum Gasteiger partial charge on any atom is 0.243 e. The first-order valence-electron chi connectivity index (χ1n) is 12.7. The molecule has 0 radical (unpaired) electrons. The number of halogens is 1. The number of hydrogen-bond acceptors (Lipinski definition) is 6. The van der Waals surface area contributed by atoms with Crippen molar-refractivity contribution >= 4 is 21.6 Å². The third-order valence-corrected chi connectivity index (χ3v) is 8.07. The highest BCUT2D eigenvalue weighted by atomic mass is 32.2. The predicted molar refractivity (Wildman–Crippen MR) is 148 cm³/mol. The first-order chi connectivity index (χ1) is 19.3. The van der Waals surface area contributed by atoms with Crippen LogP contribution in [0.4, 0.5) is 10.1 Å². The zero-order chi connectivity index (χ0) is 28.3. The topological polar surface area (TPSA) is 112 Å². The molecule has 208 valence electrons. The summed E-state index contributed by atoms with van der Waals surface area (Å²) < 4.78 is 56.2. The van der Waals surface area contributed by atoms with Crippen LogP contribution < -0.4 is 19.5 Å². The van der Waals surface area contributed by atoms with Gasteiger partial charge >= 0.3 is 0 Å². The summed E-state index contributed by atoms with van der Waals surface area (Å²) in [6.45, 7) is -0.0504. The van der Waals surface area contributed by atoms with E-state index in [1.165, 1.54) is 37.1 Å². The van der Waals surface area contributed by atoms with Crippen molar-refractivity contribution in [1.29, 1.82) is 0 Å². The van der Waals surface area contributed by atoms with E-state index >= 15 is 0 Å². The molecule has 2 N–H and O–H groups in total. The molecule has 1 heterocycles. The standard InChI is InChI=1S/C29H29FN4O5S/c1-38-23-11-9-21(27(17-23)39-2)18-31-40(36,37)28-16-22(32-29(35)15-20-5-3-4-6-24(20)30)10-12-26(28)34-14-13-25(33-34)19-7-8-19/h3-6,9-14,16-17,19,31H,7-8,15,18H2,1-2H3,(H,32,35). The van der Waals surface area contributed by atoms with Crippen molar-refractivity contribution in [1.82, 2.24) is 14.5 Å².